The van der Waals surface area contributed by atoms with E-state index in [1.165, 1.54) is 4.31 Å². The average molecular weight is 318 g/mol. The number of rotatable bonds is 9. The predicted octanol–water partition coefficient (Wildman–Crippen LogP) is 0.953. The van der Waals surface area contributed by atoms with Gasteiger partial charge in [-0.1, -0.05) is 13.8 Å². The molecule has 0 aliphatic rings. The van der Waals surface area contributed by atoms with Crippen molar-refractivity contribution in [3.8, 4) is 0 Å². The lowest BCUT2D eigenvalue weighted by Gasteiger charge is -2.18. The number of H-pyrrole nitrogens is 1. The number of nitrogens with one attached hydrogen (secondary N) is 2. The molecule has 0 spiro atoms. The summed E-state index contributed by atoms with van der Waals surface area (Å²) in [6.07, 6.45) is 1.62. The highest BCUT2D eigenvalue weighted by atomic mass is 32.2. The maximum Gasteiger partial charge on any atom is 0.260 e. The Morgan fingerprint density at radius 2 is 2.05 bits per heavy atom. The smallest absolute Gasteiger partial charge is 0.260 e. The number of hydrogen-bond donors (Lipinski definition) is 2. The van der Waals surface area contributed by atoms with Gasteiger partial charge in [-0.05, 0) is 13.8 Å². The van der Waals surface area contributed by atoms with E-state index in [4.69, 9.17) is 4.74 Å². The van der Waals surface area contributed by atoms with E-state index in [1.807, 2.05) is 27.7 Å². The third-order valence-electron chi connectivity index (χ3n) is 2.90. The summed E-state index contributed by atoms with van der Waals surface area (Å²) in [7, 11) is -2.04. The van der Waals surface area contributed by atoms with Gasteiger partial charge in [0.1, 0.15) is 0 Å². The number of sulfonamides is 1. The molecule has 0 aliphatic heterocycles. The standard InChI is InChI=1S/C13H26N4O3S/c1-10(2)14-8-12-9-15-16-13(12)21(18,19)17(5)6-7-20-11(3)4/h9-11,14H,6-8H2,1-5H3,(H,15,16). The van der Waals surface area contributed by atoms with Crippen LogP contribution in [0.15, 0.2) is 11.2 Å². The van der Waals surface area contributed by atoms with Crippen molar-refractivity contribution in [2.45, 2.75) is 51.4 Å². The van der Waals surface area contributed by atoms with Crippen LogP contribution in [0, 0.1) is 0 Å². The highest BCUT2D eigenvalue weighted by Crippen LogP contribution is 2.16. The molecule has 0 bridgehead atoms. The van der Waals surface area contributed by atoms with Crippen molar-refractivity contribution in [3.05, 3.63) is 11.8 Å². The molecule has 0 aliphatic carbocycles. The molecule has 0 radical (unpaired) electrons. The van der Waals surface area contributed by atoms with Crippen LogP contribution in [-0.2, 0) is 21.3 Å². The van der Waals surface area contributed by atoms with Crippen molar-refractivity contribution in [1.82, 2.24) is 19.8 Å². The highest BCUT2D eigenvalue weighted by Gasteiger charge is 2.25. The minimum absolute atomic E-state index is 0.0825. The van der Waals surface area contributed by atoms with Crippen LogP contribution in [0.5, 0.6) is 0 Å². The number of aromatic nitrogens is 2. The lowest BCUT2D eigenvalue weighted by molar-refractivity contribution is 0.0737. The number of aromatic amines is 1. The fourth-order valence-electron chi connectivity index (χ4n) is 1.66. The second kappa shape index (κ2) is 7.88. The Bertz CT molecular complexity index is 525. The molecule has 1 aromatic rings. The maximum absolute atomic E-state index is 12.5. The molecule has 1 rings (SSSR count). The average Bonchev–Trinajstić information content (AvgIpc) is 2.84. The van der Waals surface area contributed by atoms with E-state index in [2.05, 4.69) is 15.5 Å². The minimum Gasteiger partial charge on any atom is -0.377 e. The van der Waals surface area contributed by atoms with E-state index < -0.39 is 10.0 Å². The van der Waals surface area contributed by atoms with Gasteiger partial charge in [-0.3, -0.25) is 5.10 Å². The van der Waals surface area contributed by atoms with E-state index in [9.17, 15) is 8.42 Å². The molecule has 0 saturated heterocycles. The number of nitrogens with zero attached hydrogens (tertiary/aromatic N) is 2. The molecule has 21 heavy (non-hydrogen) atoms. The van der Waals surface area contributed by atoms with Crippen LogP contribution in [0.3, 0.4) is 0 Å². The zero-order valence-electron chi connectivity index (χ0n) is 13.4. The summed E-state index contributed by atoms with van der Waals surface area (Å²) in [6.45, 7) is 8.96. The Morgan fingerprint density at radius 1 is 1.38 bits per heavy atom. The quantitative estimate of drug-likeness (QED) is 0.708. The van der Waals surface area contributed by atoms with Gasteiger partial charge in [0.25, 0.3) is 10.0 Å². The topological polar surface area (TPSA) is 87.3 Å². The zero-order chi connectivity index (χ0) is 16.0. The molecular weight excluding hydrogens is 292 g/mol. The third kappa shape index (κ3) is 5.39. The van der Waals surface area contributed by atoms with Crippen LogP contribution < -0.4 is 5.32 Å². The summed E-state index contributed by atoms with van der Waals surface area (Å²) in [4.78, 5) is 0. The molecule has 0 aromatic carbocycles. The molecule has 0 fully saturated rings. The van der Waals surface area contributed by atoms with E-state index >= 15 is 0 Å². The summed E-state index contributed by atoms with van der Waals surface area (Å²) in [5.41, 5.74) is 0.639. The SMILES string of the molecule is CC(C)NCc1cn[nH]c1S(=O)(=O)N(C)CCOC(C)C. The van der Waals surface area contributed by atoms with Crippen molar-refractivity contribution in [3.63, 3.8) is 0 Å². The number of likely N-dealkylation sites (N-methyl/N-ethyl adjacent to an activating group) is 1. The largest absolute Gasteiger partial charge is 0.377 e. The van der Waals surface area contributed by atoms with Crippen LogP contribution in [0.4, 0.5) is 0 Å². The second-order valence-electron chi connectivity index (χ2n) is 5.51. The molecular formula is C13H26N4O3S. The Balaban J connectivity index is 2.75. The Morgan fingerprint density at radius 3 is 2.62 bits per heavy atom. The highest BCUT2D eigenvalue weighted by molar-refractivity contribution is 7.89. The molecule has 1 aromatic heterocycles. The first-order valence-electron chi connectivity index (χ1n) is 7.08. The van der Waals surface area contributed by atoms with Gasteiger partial charge in [0.2, 0.25) is 0 Å². The number of ether oxygens (including phenoxy) is 1. The summed E-state index contributed by atoms with van der Waals surface area (Å²) >= 11 is 0. The first kappa shape index (κ1) is 18.1. The summed E-state index contributed by atoms with van der Waals surface area (Å²) in [5, 5.41) is 9.78. The zero-order valence-corrected chi connectivity index (χ0v) is 14.2. The molecule has 0 amide bonds. The van der Waals surface area contributed by atoms with Crippen molar-refractivity contribution >= 4 is 10.0 Å². The third-order valence-corrected chi connectivity index (χ3v) is 4.78. The molecule has 0 atom stereocenters. The van der Waals surface area contributed by atoms with E-state index in [-0.39, 0.29) is 17.2 Å². The van der Waals surface area contributed by atoms with E-state index in [1.54, 1.807) is 13.2 Å². The van der Waals surface area contributed by atoms with E-state index in [0.29, 0.717) is 25.3 Å². The van der Waals surface area contributed by atoms with Crippen molar-refractivity contribution < 1.29 is 13.2 Å². The Kier molecular flexibility index (Phi) is 6.79. The molecule has 7 nitrogen and oxygen atoms in total. The van der Waals surface area contributed by atoms with Gasteiger partial charge in [-0.25, -0.2) is 8.42 Å². The Labute approximate surface area is 127 Å². The Hall–Kier alpha value is -0.960. The molecule has 0 unspecified atom stereocenters. The second-order valence-corrected chi connectivity index (χ2v) is 7.49. The fraction of sp³-hybridized carbons (Fsp3) is 0.769. The first-order valence-corrected chi connectivity index (χ1v) is 8.52. The van der Waals surface area contributed by atoms with Crippen molar-refractivity contribution in [2.24, 2.45) is 0 Å². The van der Waals surface area contributed by atoms with Gasteiger partial charge in [0.15, 0.2) is 5.03 Å². The summed E-state index contributed by atoms with van der Waals surface area (Å²) in [6, 6.07) is 0.271. The predicted molar refractivity (Wildman–Crippen MR) is 81.5 cm³/mol. The molecule has 2 N–H and O–H groups in total. The lowest BCUT2D eigenvalue weighted by atomic mass is 10.3. The normalized spacial score (nSPS) is 12.8. The summed E-state index contributed by atoms with van der Waals surface area (Å²) < 4.78 is 31.7. The molecule has 122 valence electrons. The van der Waals surface area contributed by atoms with Gasteiger partial charge in [0, 0.05) is 31.7 Å². The first-order chi connectivity index (χ1) is 9.75. The van der Waals surface area contributed by atoms with Gasteiger partial charge in [-0.2, -0.15) is 9.40 Å². The van der Waals surface area contributed by atoms with Gasteiger partial charge >= 0.3 is 0 Å². The lowest BCUT2D eigenvalue weighted by Crippen LogP contribution is -2.32. The van der Waals surface area contributed by atoms with Gasteiger partial charge in [-0.15, -0.1) is 0 Å². The number of hydrogen-bond acceptors (Lipinski definition) is 5. The van der Waals surface area contributed by atoms with Gasteiger partial charge in [0.05, 0.1) is 18.9 Å². The molecule has 1 heterocycles. The van der Waals surface area contributed by atoms with E-state index in [0.717, 1.165) is 0 Å². The van der Waals surface area contributed by atoms with Crippen LogP contribution in [0.25, 0.3) is 0 Å². The summed E-state index contributed by atoms with van der Waals surface area (Å²) in [5.74, 6) is 0. The molecule has 0 saturated carbocycles. The fourth-order valence-corrected chi connectivity index (χ4v) is 2.91. The van der Waals surface area contributed by atoms with Crippen LogP contribution in [0.1, 0.15) is 33.3 Å². The van der Waals surface area contributed by atoms with Crippen LogP contribution >= 0.6 is 0 Å². The van der Waals surface area contributed by atoms with Crippen LogP contribution in [0.2, 0.25) is 0 Å². The minimum atomic E-state index is -3.58. The van der Waals surface area contributed by atoms with Crippen LogP contribution in [-0.4, -0.2) is 55.3 Å². The van der Waals surface area contributed by atoms with Crippen molar-refractivity contribution in [1.29, 1.82) is 0 Å². The van der Waals surface area contributed by atoms with Gasteiger partial charge < -0.3 is 10.1 Å². The van der Waals surface area contributed by atoms with Crippen molar-refractivity contribution in [2.75, 3.05) is 20.2 Å². The molecule has 8 heteroatoms. The monoisotopic (exact) mass is 318 g/mol. The maximum atomic E-state index is 12.5.